The lowest BCUT2D eigenvalue weighted by Gasteiger charge is -2.36. The van der Waals surface area contributed by atoms with Crippen molar-refractivity contribution in [3.8, 4) is 5.75 Å². The highest BCUT2D eigenvalue weighted by atomic mass is 79.9. The molecule has 134 valence electrons. The fourth-order valence-corrected chi connectivity index (χ4v) is 5.20. The van der Waals surface area contributed by atoms with Crippen molar-refractivity contribution in [3.63, 3.8) is 0 Å². The Hall–Kier alpha value is -1.57. The summed E-state index contributed by atoms with van der Waals surface area (Å²) in [6, 6.07) is 13.2. The highest BCUT2D eigenvalue weighted by Crippen LogP contribution is 2.31. The average Bonchev–Trinajstić information content (AvgIpc) is 2.62. The molecule has 5 nitrogen and oxygen atoms in total. The van der Waals surface area contributed by atoms with E-state index < -0.39 is 10.0 Å². The zero-order valence-corrected chi connectivity index (χ0v) is 16.7. The van der Waals surface area contributed by atoms with Gasteiger partial charge in [-0.2, -0.15) is 4.31 Å². The standard InChI is InChI=1S/C18H21BrN2O3S/c1-14-5-3-4-6-16(14)20-9-11-21(12-10-20)25(22,23)18-13-15(19)7-8-17(18)24-2/h3-8,13H,9-12H2,1-2H3. The fraction of sp³-hybridized carbons (Fsp3) is 0.333. The van der Waals surface area contributed by atoms with Crippen LogP contribution in [0, 0.1) is 6.92 Å². The number of aryl methyl sites for hydroxylation is 1. The number of benzene rings is 2. The third kappa shape index (κ3) is 3.68. The van der Waals surface area contributed by atoms with Crippen LogP contribution >= 0.6 is 15.9 Å². The molecule has 25 heavy (non-hydrogen) atoms. The normalized spacial score (nSPS) is 16.0. The molecule has 0 aromatic heterocycles. The van der Waals surface area contributed by atoms with Gasteiger partial charge in [-0.25, -0.2) is 8.42 Å². The van der Waals surface area contributed by atoms with E-state index >= 15 is 0 Å². The number of para-hydroxylation sites is 1. The van der Waals surface area contributed by atoms with E-state index in [1.165, 1.54) is 22.7 Å². The molecule has 0 amide bonds. The first-order valence-electron chi connectivity index (χ1n) is 8.08. The van der Waals surface area contributed by atoms with Gasteiger partial charge in [-0.05, 0) is 36.8 Å². The van der Waals surface area contributed by atoms with Gasteiger partial charge in [0.2, 0.25) is 10.0 Å². The number of piperazine rings is 1. The molecule has 0 unspecified atom stereocenters. The molecule has 1 fully saturated rings. The van der Waals surface area contributed by atoms with Crippen LogP contribution < -0.4 is 9.64 Å². The molecule has 1 heterocycles. The predicted octanol–water partition coefficient (Wildman–Crippen LogP) is 3.28. The lowest BCUT2D eigenvalue weighted by molar-refractivity contribution is 0.374. The minimum atomic E-state index is -3.59. The summed E-state index contributed by atoms with van der Waals surface area (Å²) < 4.78 is 33.6. The van der Waals surface area contributed by atoms with Crippen LogP contribution in [0.25, 0.3) is 0 Å². The molecule has 2 aromatic carbocycles. The zero-order valence-electron chi connectivity index (χ0n) is 14.3. The number of sulfonamides is 1. The van der Waals surface area contributed by atoms with E-state index in [2.05, 4.69) is 39.9 Å². The van der Waals surface area contributed by atoms with Gasteiger partial charge in [-0.15, -0.1) is 0 Å². The Kier molecular flexibility index (Phi) is 5.36. The quantitative estimate of drug-likeness (QED) is 0.755. The summed E-state index contributed by atoms with van der Waals surface area (Å²) in [6.45, 7) is 4.31. The van der Waals surface area contributed by atoms with E-state index in [0.29, 0.717) is 36.4 Å². The Balaban J connectivity index is 1.81. The first kappa shape index (κ1) is 18.2. The summed E-state index contributed by atoms with van der Waals surface area (Å²) in [5.74, 6) is 0.365. The molecule has 1 aliphatic heterocycles. The van der Waals surface area contributed by atoms with Crippen molar-refractivity contribution in [2.45, 2.75) is 11.8 Å². The smallest absolute Gasteiger partial charge is 0.246 e. The molecule has 2 aromatic rings. The maximum atomic E-state index is 13.0. The maximum absolute atomic E-state index is 13.0. The van der Waals surface area contributed by atoms with E-state index in [1.807, 2.05) is 12.1 Å². The van der Waals surface area contributed by atoms with Crippen molar-refractivity contribution >= 4 is 31.6 Å². The number of hydrogen-bond acceptors (Lipinski definition) is 4. The Morgan fingerprint density at radius 2 is 1.72 bits per heavy atom. The number of halogens is 1. The number of ether oxygens (including phenoxy) is 1. The maximum Gasteiger partial charge on any atom is 0.246 e. The van der Waals surface area contributed by atoms with Crippen molar-refractivity contribution in [2.24, 2.45) is 0 Å². The monoisotopic (exact) mass is 424 g/mol. The van der Waals surface area contributed by atoms with Gasteiger partial charge >= 0.3 is 0 Å². The van der Waals surface area contributed by atoms with Crippen LogP contribution in [0.2, 0.25) is 0 Å². The van der Waals surface area contributed by atoms with Gasteiger partial charge in [0.05, 0.1) is 7.11 Å². The molecule has 0 aliphatic carbocycles. The van der Waals surface area contributed by atoms with Crippen molar-refractivity contribution < 1.29 is 13.2 Å². The van der Waals surface area contributed by atoms with Crippen molar-refractivity contribution in [1.29, 1.82) is 0 Å². The van der Waals surface area contributed by atoms with Crippen molar-refractivity contribution in [3.05, 3.63) is 52.5 Å². The topological polar surface area (TPSA) is 49.9 Å². The Morgan fingerprint density at radius 3 is 2.36 bits per heavy atom. The molecule has 0 atom stereocenters. The van der Waals surface area contributed by atoms with Gasteiger partial charge in [0.15, 0.2) is 0 Å². The van der Waals surface area contributed by atoms with Crippen LogP contribution in [0.1, 0.15) is 5.56 Å². The SMILES string of the molecule is COc1ccc(Br)cc1S(=O)(=O)N1CCN(c2ccccc2C)CC1. The summed E-state index contributed by atoms with van der Waals surface area (Å²) in [4.78, 5) is 2.44. The van der Waals surface area contributed by atoms with Crippen LogP contribution in [0.5, 0.6) is 5.75 Å². The van der Waals surface area contributed by atoms with Crippen LogP contribution in [-0.2, 0) is 10.0 Å². The molecule has 1 aliphatic rings. The molecule has 0 bridgehead atoms. The second-order valence-corrected chi connectivity index (χ2v) is 8.79. The average molecular weight is 425 g/mol. The second kappa shape index (κ2) is 7.35. The first-order valence-corrected chi connectivity index (χ1v) is 10.3. The minimum absolute atomic E-state index is 0.203. The molecule has 0 radical (unpaired) electrons. The van der Waals surface area contributed by atoms with Crippen LogP contribution in [0.15, 0.2) is 51.8 Å². The number of methoxy groups -OCH3 is 1. The zero-order chi connectivity index (χ0) is 18.0. The lowest BCUT2D eigenvalue weighted by atomic mass is 10.1. The van der Waals surface area contributed by atoms with Crippen LogP contribution in [-0.4, -0.2) is 46.0 Å². The molecular weight excluding hydrogens is 404 g/mol. The Bertz CT molecular complexity index is 862. The second-order valence-electron chi connectivity index (χ2n) is 5.97. The van der Waals surface area contributed by atoms with E-state index in [1.54, 1.807) is 18.2 Å². The van der Waals surface area contributed by atoms with Gasteiger partial charge in [0.25, 0.3) is 0 Å². The third-order valence-electron chi connectivity index (χ3n) is 4.44. The van der Waals surface area contributed by atoms with Gasteiger partial charge < -0.3 is 9.64 Å². The molecule has 0 N–H and O–H groups in total. The molecular formula is C18H21BrN2O3S. The van der Waals surface area contributed by atoms with Gasteiger partial charge in [0.1, 0.15) is 10.6 Å². The number of hydrogen-bond donors (Lipinski definition) is 0. The lowest BCUT2D eigenvalue weighted by Crippen LogP contribution is -2.48. The van der Waals surface area contributed by atoms with Crippen LogP contribution in [0.3, 0.4) is 0 Å². The third-order valence-corrected chi connectivity index (χ3v) is 6.85. The van der Waals surface area contributed by atoms with E-state index in [0.717, 1.165) is 0 Å². The van der Waals surface area contributed by atoms with E-state index in [-0.39, 0.29) is 4.90 Å². The summed E-state index contributed by atoms with van der Waals surface area (Å²) >= 11 is 3.34. The summed E-state index contributed by atoms with van der Waals surface area (Å²) in [6.07, 6.45) is 0. The summed E-state index contributed by atoms with van der Waals surface area (Å²) in [5, 5.41) is 0. The van der Waals surface area contributed by atoms with Gasteiger partial charge in [-0.3, -0.25) is 0 Å². The van der Waals surface area contributed by atoms with Crippen molar-refractivity contribution in [2.75, 3.05) is 38.2 Å². The fourth-order valence-electron chi connectivity index (χ4n) is 3.08. The van der Waals surface area contributed by atoms with Gasteiger partial charge in [-0.1, -0.05) is 34.1 Å². The largest absolute Gasteiger partial charge is 0.495 e. The first-order chi connectivity index (χ1) is 11.9. The Labute approximate surface area is 157 Å². The predicted molar refractivity (Wildman–Crippen MR) is 103 cm³/mol. The molecule has 1 saturated heterocycles. The molecule has 0 saturated carbocycles. The summed E-state index contributed by atoms with van der Waals surface area (Å²) in [7, 11) is -2.11. The van der Waals surface area contributed by atoms with E-state index in [4.69, 9.17) is 4.74 Å². The molecule has 3 rings (SSSR count). The molecule has 7 heteroatoms. The van der Waals surface area contributed by atoms with E-state index in [9.17, 15) is 8.42 Å². The Morgan fingerprint density at radius 1 is 1.04 bits per heavy atom. The van der Waals surface area contributed by atoms with Gasteiger partial charge in [0, 0.05) is 36.3 Å². The number of nitrogens with zero attached hydrogens (tertiary/aromatic N) is 2. The highest BCUT2D eigenvalue weighted by Gasteiger charge is 2.31. The number of rotatable bonds is 4. The minimum Gasteiger partial charge on any atom is -0.495 e. The van der Waals surface area contributed by atoms with Crippen LogP contribution in [0.4, 0.5) is 5.69 Å². The highest BCUT2D eigenvalue weighted by molar-refractivity contribution is 9.10. The van der Waals surface area contributed by atoms with Crippen molar-refractivity contribution in [1.82, 2.24) is 4.31 Å². The number of anilines is 1. The molecule has 0 spiro atoms. The summed E-state index contributed by atoms with van der Waals surface area (Å²) in [5.41, 5.74) is 2.37.